The minimum atomic E-state index is 0.292. The zero-order chi connectivity index (χ0) is 10.8. The van der Waals surface area contributed by atoms with Gasteiger partial charge >= 0.3 is 0 Å². The molecule has 15 heavy (non-hydrogen) atoms. The summed E-state index contributed by atoms with van der Waals surface area (Å²) in [6.45, 7) is 0.292. The van der Waals surface area contributed by atoms with E-state index in [2.05, 4.69) is 4.98 Å². The molecule has 0 atom stereocenters. The predicted molar refractivity (Wildman–Crippen MR) is 58.6 cm³/mol. The van der Waals surface area contributed by atoms with E-state index >= 15 is 0 Å². The first-order chi connectivity index (χ1) is 7.43. The molecule has 2 rings (SSSR count). The summed E-state index contributed by atoms with van der Waals surface area (Å²) < 4.78 is 11.4. The molecule has 2 nitrogen and oxygen atoms in total. The summed E-state index contributed by atoms with van der Waals surface area (Å²) in [6.07, 6.45) is 3.50. The Kier molecular flexibility index (Phi) is 5.78. The van der Waals surface area contributed by atoms with Crippen molar-refractivity contribution in [3.05, 3.63) is 66.5 Å². The minimum absolute atomic E-state index is 0.292. The molecule has 0 unspecified atom stereocenters. The van der Waals surface area contributed by atoms with E-state index in [0.717, 1.165) is 5.56 Å². The molecule has 1 aromatic heterocycles. The zero-order valence-electron chi connectivity index (χ0n) is 8.31. The summed E-state index contributed by atoms with van der Waals surface area (Å²) in [5.74, 6) is 0. The van der Waals surface area contributed by atoms with Crippen molar-refractivity contribution in [2.45, 2.75) is 6.54 Å². The molecule has 2 aromatic rings. The average molecular weight is 204 g/mol. The number of aromatic nitrogens is 1. The van der Waals surface area contributed by atoms with Gasteiger partial charge in [-0.3, -0.25) is 4.98 Å². The lowest BCUT2D eigenvalue weighted by Crippen LogP contribution is -1.98. The SMILES string of the molecule is FNCc1ccccc1.c1ccncc1. The van der Waals surface area contributed by atoms with Crippen molar-refractivity contribution in [2.75, 3.05) is 0 Å². The first kappa shape index (κ1) is 11.3. The van der Waals surface area contributed by atoms with E-state index in [1.807, 2.05) is 48.5 Å². The predicted octanol–water partition coefficient (Wildman–Crippen LogP) is 2.74. The highest BCUT2D eigenvalue weighted by atomic mass is 19.2. The molecule has 3 heteroatoms. The van der Waals surface area contributed by atoms with Crippen LogP contribution in [0.15, 0.2) is 60.9 Å². The Morgan fingerprint density at radius 3 is 1.93 bits per heavy atom. The summed E-state index contributed by atoms with van der Waals surface area (Å²) in [6, 6.07) is 15.1. The molecule has 1 aromatic carbocycles. The number of pyridine rings is 1. The maximum Gasteiger partial charge on any atom is 0.0510 e. The highest BCUT2D eigenvalue weighted by Gasteiger charge is 1.85. The largest absolute Gasteiger partial charge is 0.265 e. The van der Waals surface area contributed by atoms with Crippen molar-refractivity contribution < 1.29 is 4.48 Å². The summed E-state index contributed by atoms with van der Waals surface area (Å²) in [5.41, 5.74) is 2.54. The van der Waals surface area contributed by atoms with Gasteiger partial charge in [-0.25, -0.2) is 0 Å². The third kappa shape index (κ3) is 5.54. The van der Waals surface area contributed by atoms with Crippen LogP contribution < -0.4 is 5.54 Å². The topological polar surface area (TPSA) is 24.9 Å². The van der Waals surface area contributed by atoms with Gasteiger partial charge in [0.05, 0.1) is 6.54 Å². The summed E-state index contributed by atoms with van der Waals surface area (Å²) in [5, 5.41) is 0. The third-order valence-corrected chi connectivity index (χ3v) is 1.68. The van der Waals surface area contributed by atoms with E-state index in [1.165, 1.54) is 0 Å². The molecule has 0 fully saturated rings. The van der Waals surface area contributed by atoms with Crippen LogP contribution in [0.2, 0.25) is 0 Å². The second-order valence-electron chi connectivity index (χ2n) is 2.82. The Morgan fingerprint density at radius 2 is 1.53 bits per heavy atom. The molecule has 0 saturated carbocycles. The third-order valence-electron chi connectivity index (χ3n) is 1.68. The van der Waals surface area contributed by atoms with E-state index in [4.69, 9.17) is 0 Å². The summed E-state index contributed by atoms with van der Waals surface area (Å²) in [7, 11) is 0. The maximum atomic E-state index is 11.4. The number of nitrogens with zero attached hydrogens (tertiary/aromatic N) is 1. The fourth-order valence-electron chi connectivity index (χ4n) is 0.986. The van der Waals surface area contributed by atoms with E-state index in [1.54, 1.807) is 17.9 Å². The van der Waals surface area contributed by atoms with Crippen LogP contribution in [0.1, 0.15) is 5.56 Å². The maximum absolute atomic E-state index is 11.4. The lowest BCUT2D eigenvalue weighted by atomic mass is 10.2. The number of benzene rings is 1. The molecule has 0 saturated heterocycles. The van der Waals surface area contributed by atoms with Crippen molar-refractivity contribution in [3.8, 4) is 0 Å². The fourth-order valence-corrected chi connectivity index (χ4v) is 0.986. The molecule has 0 aliphatic rings. The lowest BCUT2D eigenvalue weighted by molar-refractivity contribution is 0.330. The van der Waals surface area contributed by atoms with Crippen LogP contribution in [0, 0.1) is 0 Å². The Bertz CT molecular complexity index is 311. The van der Waals surface area contributed by atoms with Gasteiger partial charge in [-0.1, -0.05) is 36.4 Å². The quantitative estimate of drug-likeness (QED) is 0.761. The Morgan fingerprint density at radius 1 is 0.933 bits per heavy atom. The number of hydrogen-bond donors (Lipinski definition) is 1. The van der Waals surface area contributed by atoms with Crippen molar-refractivity contribution >= 4 is 0 Å². The van der Waals surface area contributed by atoms with E-state index in [0.29, 0.717) is 6.54 Å². The van der Waals surface area contributed by atoms with Crippen molar-refractivity contribution in [1.82, 2.24) is 10.5 Å². The van der Waals surface area contributed by atoms with Gasteiger partial charge in [0, 0.05) is 12.4 Å². The molecule has 0 radical (unpaired) electrons. The molecule has 78 valence electrons. The van der Waals surface area contributed by atoms with Gasteiger partial charge in [-0.05, 0) is 17.7 Å². The van der Waals surface area contributed by atoms with Gasteiger partial charge in [0.15, 0.2) is 0 Å². The molecule has 0 aliphatic heterocycles. The normalized spacial score (nSPS) is 8.87. The Hall–Kier alpha value is -1.74. The van der Waals surface area contributed by atoms with Crippen LogP contribution in [0.4, 0.5) is 4.48 Å². The number of hydrogen-bond acceptors (Lipinski definition) is 2. The van der Waals surface area contributed by atoms with Crippen molar-refractivity contribution in [2.24, 2.45) is 0 Å². The van der Waals surface area contributed by atoms with Crippen LogP contribution in [0.25, 0.3) is 0 Å². The average Bonchev–Trinajstić information content (AvgIpc) is 2.34. The number of nitrogens with one attached hydrogen (secondary N) is 1. The Labute approximate surface area is 88.7 Å². The molecule has 1 heterocycles. The van der Waals surface area contributed by atoms with Crippen LogP contribution in [0.5, 0.6) is 0 Å². The van der Waals surface area contributed by atoms with Crippen LogP contribution >= 0.6 is 0 Å². The summed E-state index contributed by atoms with van der Waals surface area (Å²) in [4.78, 5) is 3.78. The van der Waals surface area contributed by atoms with Crippen molar-refractivity contribution in [3.63, 3.8) is 0 Å². The first-order valence-electron chi connectivity index (χ1n) is 4.66. The monoisotopic (exact) mass is 204 g/mol. The zero-order valence-corrected chi connectivity index (χ0v) is 8.31. The molecule has 0 aliphatic carbocycles. The van der Waals surface area contributed by atoms with Gasteiger partial charge in [0.1, 0.15) is 0 Å². The lowest BCUT2D eigenvalue weighted by Gasteiger charge is -1.93. The van der Waals surface area contributed by atoms with E-state index < -0.39 is 0 Å². The Balaban J connectivity index is 0.000000162. The molecule has 1 N–H and O–H groups in total. The second-order valence-corrected chi connectivity index (χ2v) is 2.82. The standard InChI is InChI=1S/C7H8FN.C5H5N/c8-9-6-7-4-2-1-3-5-7;1-2-4-6-5-3-1/h1-5,9H,6H2;1-5H. The molecular weight excluding hydrogens is 191 g/mol. The first-order valence-corrected chi connectivity index (χ1v) is 4.66. The van der Waals surface area contributed by atoms with Crippen LogP contribution in [-0.4, -0.2) is 4.98 Å². The summed E-state index contributed by atoms with van der Waals surface area (Å²) >= 11 is 0. The van der Waals surface area contributed by atoms with E-state index in [-0.39, 0.29) is 0 Å². The second kappa shape index (κ2) is 7.64. The van der Waals surface area contributed by atoms with Crippen LogP contribution in [0.3, 0.4) is 0 Å². The van der Waals surface area contributed by atoms with E-state index in [9.17, 15) is 4.48 Å². The molecule has 0 bridgehead atoms. The van der Waals surface area contributed by atoms with Crippen LogP contribution in [-0.2, 0) is 6.54 Å². The molecule has 0 spiro atoms. The van der Waals surface area contributed by atoms with Gasteiger partial charge in [-0.2, -0.15) is 5.54 Å². The minimum Gasteiger partial charge on any atom is -0.265 e. The molecular formula is C12H13FN2. The molecule has 0 amide bonds. The smallest absolute Gasteiger partial charge is 0.0510 e. The van der Waals surface area contributed by atoms with Crippen molar-refractivity contribution in [1.29, 1.82) is 0 Å². The van der Waals surface area contributed by atoms with Gasteiger partial charge in [-0.15, -0.1) is 4.48 Å². The van der Waals surface area contributed by atoms with Gasteiger partial charge in [0.25, 0.3) is 0 Å². The number of halogens is 1. The van der Waals surface area contributed by atoms with Gasteiger partial charge in [0.2, 0.25) is 0 Å². The van der Waals surface area contributed by atoms with Gasteiger partial charge < -0.3 is 0 Å². The highest BCUT2D eigenvalue weighted by molar-refractivity contribution is 5.13. The highest BCUT2D eigenvalue weighted by Crippen LogP contribution is 1.96. The number of rotatable bonds is 2. The fraction of sp³-hybridized carbons (Fsp3) is 0.0833.